The van der Waals surface area contributed by atoms with Gasteiger partial charge in [-0.15, -0.1) is 0 Å². The van der Waals surface area contributed by atoms with Gasteiger partial charge in [0.1, 0.15) is 5.65 Å². The number of fused-ring (bicyclic) bond motifs is 5. The Kier molecular flexibility index (Phi) is 4.33. The number of methoxy groups -OCH3 is 2. The van der Waals surface area contributed by atoms with Gasteiger partial charge in [-0.05, 0) is 47.3 Å². The van der Waals surface area contributed by atoms with Crippen LogP contribution in [0.5, 0.6) is 11.5 Å². The van der Waals surface area contributed by atoms with Crippen LogP contribution in [-0.4, -0.2) is 23.6 Å². The van der Waals surface area contributed by atoms with Crippen molar-refractivity contribution in [3.63, 3.8) is 0 Å². The second-order valence-corrected chi connectivity index (χ2v) is 7.36. The highest BCUT2D eigenvalue weighted by atomic mass is 35.5. The fourth-order valence-electron chi connectivity index (χ4n) is 3.86. The largest absolute Gasteiger partial charge is 0.493 e. The van der Waals surface area contributed by atoms with Crippen LogP contribution in [0.15, 0.2) is 71.5 Å². The standard InChI is InChI=1S/C24H17ClN2O3/c1-29-21-11-15-10-19(14-6-4-3-5-7-14)27-20-12-16(25)8-9-17(20)24(28)26-23(27)18(15)13-22(21)30-2/h3-13H,1-2H3. The number of rotatable bonds is 3. The monoisotopic (exact) mass is 416 g/mol. The van der Waals surface area contributed by atoms with Crippen LogP contribution in [0.25, 0.3) is 38.6 Å². The van der Waals surface area contributed by atoms with E-state index in [1.165, 1.54) is 0 Å². The summed E-state index contributed by atoms with van der Waals surface area (Å²) in [6, 6.07) is 21.0. The minimum atomic E-state index is -0.303. The van der Waals surface area contributed by atoms with Gasteiger partial charge in [0.2, 0.25) is 0 Å². The third-order valence-corrected chi connectivity index (χ3v) is 5.48. The van der Waals surface area contributed by atoms with E-state index in [0.717, 1.165) is 22.0 Å². The molecule has 0 spiro atoms. The Morgan fingerprint density at radius 3 is 2.33 bits per heavy atom. The molecule has 0 bridgehead atoms. The molecule has 0 fully saturated rings. The molecule has 148 valence electrons. The van der Waals surface area contributed by atoms with Gasteiger partial charge in [0.15, 0.2) is 11.5 Å². The Balaban J connectivity index is 2.07. The lowest BCUT2D eigenvalue weighted by molar-refractivity contribution is 0.356. The van der Waals surface area contributed by atoms with Crippen molar-refractivity contribution in [2.24, 2.45) is 0 Å². The number of nitrogens with zero attached hydrogens (tertiary/aromatic N) is 2. The highest BCUT2D eigenvalue weighted by molar-refractivity contribution is 6.31. The highest BCUT2D eigenvalue weighted by Gasteiger charge is 2.16. The van der Waals surface area contributed by atoms with Gasteiger partial charge in [-0.25, -0.2) is 0 Å². The Morgan fingerprint density at radius 2 is 1.60 bits per heavy atom. The Morgan fingerprint density at radius 1 is 0.867 bits per heavy atom. The molecular formula is C24H17ClN2O3. The fraction of sp³-hybridized carbons (Fsp3) is 0.0833. The number of hydrogen-bond donors (Lipinski definition) is 0. The molecule has 0 aliphatic heterocycles. The molecule has 0 amide bonds. The topological polar surface area (TPSA) is 52.8 Å². The molecule has 0 N–H and O–H groups in total. The van der Waals surface area contributed by atoms with Crippen LogP contribution >= 0.6 is 11.6 Å². The minimum Gasteiger partial charge on any atom is -0.493 e. The molecule has 30 heavy (non-hydrogen) atoms. The molecule has 5 rings (SSSR count). The van der Waals surface area contributed by atoms with E-state index < -0.39 is 0 Å². The van der Waals surface area contributed by atoms with Crippen molar-refractivity contribution in [2.75, 3.05) is 14.2 Å². The number of hydrogen-bond acceptors (Lipinski definition) is 4. The summed E-state index contributed by atoms with van der Waals surface area (Å²) < 4.78 is 12.9. The first kappa shape index (κ1) is 18.5. The van der Waals surface area contributed by atoms with Gasteiger partial charge in [0.25, 0.3) is 5.56 Å². The van der Waals surface area contributed by atoms with Crippen LogP contribution in [0.1, 0.15) is 0 Å². The van der Waals surface area contributed by atoms with E-state index >= 15 is 0 Å². The third-order valence-electron chi connectivity index (χ3n) is 5.25. The quantitative estimate of drug-likeness (QED) is 0.372. The number of aromatic nitrogens is 2. The summed E-state index contributed by atoms with van der Waals surface area (Å²) in [7, 11) is 3.18. The highest BCUT2D eigenvalue weighted by Crippen LogP contribution is 2.37. The number of halogens is 1. The summed E-state index contributed by atoms with van der Waals surface area (Å²) in [5.74, 6) is 1.18. The van der Waals surface area contributed by atoms with Crippen molar-refractivity contribution >= 4 is 38.9 Å². The zero-order chi connectivity index (χ0) is 20.8. The molecule has 0 aliphatic rings. The van der Waals surface area contributed by atoms with E-state index in [1.807, 2.05) is 46.9 Å². The van der Waals surface area contributed by atoms with Crippen LogP contribution in [0, 0.1) is 0 Å². The van der Waals surface area contributed by atoms with E-state index in [2.05, 4.69) is 11.1 Å². The van der Waals surface area contributed by atoms with Gasteiger partial charge < -0.3 is 9.47 Å². The maximum atomic E-state index is 12.8. The third kappa shape index (κ3) is 2.78. The Hall–Kier alpha value is -3.57. The first-order valence-electron chi connectivity index (χ1n) is 9.37. The average Bonchev–Trinajstić information content (AvgIpc) is 2.78. The van der Waals surface area contributed by atoms with E-state index in [1.54, 1.807) is 32.4 Å². The SMILES string of the molecule is COc1cc2cc(-c3ccccc3)n3c4cc(Cl)ccc4c(=O)nc3c2cc1OC. The van der Waals surface area contributed by atoms with Crippen LogP contribution < -0.4 is 15.0 Å². The fourth-order valence-corrected chi connectivity index (χ4v) is 4.02. The van der Waals surface area contributed by atoms with Gasteiger partial charge in [-0.2, -0.15) is 4.98 Å². The maximum absolute atomic E-state index is 12.8. The molecular weight excluding hydrogens is 400 g/mol. The van der Waals surface area contributed by atoms with Crippen molar-refractivity contribution in [1.82, 2.24) is 9.38 Å². The molecule has 0 saturated carbocycles. The summed E-state index contributed by atoms with van der Waals surface area (Å²) in [5, 5.41) is 2.73. The molecule has 0 unspecified atom stereocenters. The summed E-state index contributed by atoms with van der Waals surface area (Å²) in [4.78, 5) is 17.3. The predicted octanol–water partition coefficient (Wildman–Crippen LogP) is 5.34. The molecule has 0 radical (unpaired) electrons. The number of benzene rings is 3. The van der Waals surface area contributed by atoms with Gasteiger partial charge in [0.05, 0.1) is 30.8 Å². The molecule has 6 heteroatoms. The maximum Gasteiger partial charge on any atom is 0.281 e. The predicted molar refractivity (Wildman–Crippen MR) is 120 cm³/mol. The van der Waals surface area contributed by atoms with Crippen LogP contribution in [0.2, 0.25) is 5.02 Å². The number of ether oxygens (including phenoxy) is 2. The van der Waals surface area contributed by atoms with Crippen LogP contribution in [0.3, 0.4) is 0 Å². The van der Waals surface area contributed by atoms with Crippen molar-refractivity contribution < 1.29 is 9.47 Å². The van der Waals surface area contributed by atoms with E-state index in [4.69, 9.17) is 21.1 Å². The second kappa shape index (κ2) is 7.04. The molecule has 0 aliphatic carbocycles. The summed E-state index contributed by atoms with van der Waals surface area (Å²) in [6.07, 6.45) is 0. The Bertz CT molecular complexity index is 1490. The number of pyridine rings is 1. The van der Waals surface area contributed by atoms with E-state index in [0.29, 0.717) is 33.1 Å². The van der Waals surface area contributed by atoms with Gasteiger partial charge in [-0.1, -0.05) is 41.9 Å². The lowest BCUT2D eigenvalue weighted by Gasteiger charge is -2.16. The molecule has 3 aromatic carbocycles. The molecule has 5 aromatic rings. The summed E-state index contributed by atoms with van der Waals surface area (Å²) in [6.45, 7) is 0. The van der Waals surface area contributed by atoms with Gasteiger partial charge >= 0.3 is 0 Å². The molecule has 0 atom stereocenters. The van der Waals surface area contributed by atoms with Crippen molar-refractivity contribution in [1.29, 1.82) is 0 Å². The molecule has 2 heterocycles. The summed E-state index contributed by atoms with van der Waals surface area (Å²) >= 11 is 6.30. The van der Waals surface area contributed by atoms with Crippen LogP contribution in [0.4, 0.5) is 0 Å². The van der Waals surface area contributed by atoms with Gasteiger partial charge in [-0.3, -0.25) is 9.20 Å². The zero-order valence-corrected chi connectivity index (χ0v) is 17.1. The average molecular weight is 417 g/mol. The van der Waals surface area contributed by atoms with Crippen molar-refractivity contribution in [3.05, 3.63) is 82.1 Å². The van der Waals surface area contributed by atoms with E-state index in [-0.39, 0.29) is 5.56 Å². The normalized spacial score (nSPS) is 11.3. The van der Waals surface area contributed by atoms with Crippen molar-refractivity contribution in [3.8, 4) is 22.8 Å². The first-order chi connectivity index (χ1) is 14.6. The first-order valence-corrected chi connectivity index (χ1v) is 9.74. The lowest BCUT2D eigenvalue weighted by Crippen LogP contribution is -2.12. The Labute approximate surface area is 177 Å². The lowest BCUT2D eigenvalue weighted by atomic mass is 10.0. The summed E-state index contributed by atoms with van der Waals surface area (Å²) in [5.41, 5.74) is 2.82. The molecule has 2 aromatic heterocycles. The minimum absolute atomic E-state index is 0.303. The second-order valence-electron chi connectivity index (χ2n) is 6.93. The van der Waals surface area contributed by atoms with Crippen LogP contribution in [-0.2, 0) is 0 Å². The smallest absolute Gasteiger partial charge is 0.281 e. The van der Waals surface area contributed by atoms with E-state index in [9.17, 15) is 4.79 Å². The zero-order valence-electron chi connectivity index (χ0n) is 16.3. The van der Waals surface area contributed by atoms with Gasteiger partial charge in [0, 0.05) is 10.4 Å². The molecule has 0 saturated heterocycles. The van der Waals surface area contributed by atoms with Crippen molar-refractivity contribution in [2.45, 2.75) is 0 Å². The molecule has 5 nitrogen and oxygen atoms in total.